The number of hydrogen-bond acceptors (Lipinski definition) is 5. The highest BCUT2D eigenvalue weighted by molar-refractivity contribution is 7.92. The Bertz CT molecular complexity index is 1260. The molecule has 3 rings (SSSR count). The quantitative estimate of drug-likeness (QED) is 0.476. The van der Waals surface area contributed by atoms with Crippen LogP contribution in [0, 0.1) is 5.82 Å². The van der Waals surface area contributed by atoms with Crippen LogP contribution in [0.5, 0.6) is 5.75 Å². The van der Waals surface area contributed by atoms with Crippen LogP contribution in [0.4, 0.5) is 21.5 Å². The van der Waals surface area contributed by atoms with E-state index in [2.05, 4.69) is 10.6 Å². The first-order chi connectivity index (χ1) is 16.2. The van der Waals surface area contributed by atoms with Gasteiger partial charge in [-0.1, -0.05) is 6.07 Å². The van der Waals surface area contributed by atoms with Crippen molar-refractivity contribution in [3.63, 3.8) is 0 Å². The lowest BCUT2D eigenvalue weighted by atomic mass is 10.2. The summed E-state index contributed by atoms with van der Waals surface area (Å²) in [6, 6.07) is 17.1. The zero-order valence-electron chi connectivity index (χ0n) is 18.6. The van der Waals surface area contributed by atoms with Crippen molar-refractivity contribution in [3.8, 4) is 5.75 Å². The van der Waals surface area contributed by atoms with Crippen molar-refractivity contribution in [2.24, 2.45) is 0 Å². The number of rotatable bonds is 9. The molecule has 0 radical (unpaired) electrons. The Hall–Kier alpha value is -3.92. The number of nitrogens with one attached hydrogen (secondary N) is 2. The Kier molecular flexibility index (Phi) is 7.85. The SMILES string of the molecule is CCOc1ccc(N(CC(=O)Nc2cccc(NC(C)=O)c2)S(=O)(=O)c2ccc(F)cc2)cc1. The monoisotopic (exact) mass is 485 g/mol. The van der Waals surface area contributed by atoms with Gasteiger partial charge in [0.1, 0.15) is 18.1 Å². The van der Waals surface area contributed by atoms with Crippen LogP contribution in [0.15, 0.2) is 77.7 Å². The largest absolute Gasteiger partial charge is 0.494 e. The summed E-state index contributed by atoms with van der Waals surface area (Å²) in [7, 11) is -4.20. The highest BCUT2D eigenvalue weighted by Gasteiger charge is 2.27. The number of carbonyl (C=O) groups excluding carboxylic acids is 2. The molecule has 0 aliphatic carbocycles. The van der Waals surface area contributed by atoms with E-state index in [0.29, 0.717) is 23.7 Å². The van der Waals surface area contributed by atoms with Crippen LogP contribution in [-0.4, -0.2) is 33.4 Å². The van der Waals surface area contributed by atoms with Gasteiger partial charge in [-0.15, -0.1) is 0 Å². The molecule has 2 amide bonds. The lowest BCUT2D eigenvalue weighted by Gasteiger charge is -2.24. The maximum Gasteiger partial charge on any atom is 0.264 e. The molecular formula is C24H24FN3O5S. The van der Waals surface area contributed by atoms with E-state index in [-0.39, 0.29) is 16.5 Å². The fourth-order valence-electron chi connectivity index (χ4n) is 3.13. The number of carbonyl (C=O) groups is 2. The zero-order chi connectivity index (χ0) is 24.7. The molecule has 0 atom stereocenters. The Morgan fingerprint density at radius 2 is 1.56 bits per heavy atom. The number of benzene rings is 3. The lowest BCUT2D eigenvalue weighted by molar-refractivity contribution is -0.115. The van der Waals surface area contributed by atoms with Gasteiger partial charge in [-0.25, -0.2) is 12.8 Å². The molecule has 0 saturated heterocycles. The summed E-state index contributed by atoms with van der Waals surface area (Å²) in [5, 5.41) is 5.25. The van der Waals surface area contributed by atoms with Crippen LogP contribution in [0.25, 0.3) is 0 Å². The van der Waals surface area contributed by atoms with Gasteiger partial charge < -0.3 is 15.4 Å². The van der Waals surface area contributed by atoms with E-state index < -0.39 is 28.3 Å². The van der Waals surface area contributed by atoms with E-state index in [1.54, 1.807) is 36.4 Å². The lowest BCUT2D eigenvalue weighted by Crippen LogP contribution is -2.38. The maximum absolute atomic E-state index is 13.4. The van der Waals surface area contributed by atoms with Gasteiger partial charge in [0, 0.05) is 18.3 Å². The molecule has 0 aliphatic heterocycles. The fourth-order valence-corrected chi connectivity index (χ4v) is 4.55. The van der Waals surface area contributed by atoms with Crippen molar-refractivity contribution in [1.82, 2.24) is 0 Å². The Morgan fingerprint density at radius 1 is 0.941 bits per heavy atom. The summed E-state index contributed by atoms with van der Waals surface area (Å²) >= 11 is 0. The Balaban J connectivity index is 1.90. The van der Waals surface area contributed by atoms with Gasteiger partial charge in [-0.05, 0) is 73.7 Å². The summed E-state index contributed by atoms with van der Waals surface area (Å²) in [6.07, 6.45) is 0. The molecule has 0 fully saturated rings. The van der Waals surface area contributed by atoms with Crippen molar-refractivity contribution in [3.05, 3.63) is 78.6 Å². The third kappa shape index (κ3) is 6.32. The first kappa shape index (κ1) is 24.7. The predicted octanol–water partition coefficient (Wildman–Crippen LogP) is 4.02. The van der Waals surface area contributed by atoms with Gasteiger partial charge in [0.25, 0.3) is 10.0 Å². The second-order valence-electron chi connectivity index (χ2n) is 7.20. The van der Waals surface area contributed by atoms with Crippen LogP contribution < -0.4 is 19.7 Å². The second-order valence-corrected chi connectivity index (χ2v) is 9.06. The van der Waals surface area contributed by atoms with E-state index in [9.17, 15) is 22.4 Å². The Labute approximate surface area is 197 Å². The summed E-state index contributed by atoms with van der Waals surface area (Å²) in [6.45, 7) is 3.08. The molecule has 0 unspecified atom stereocenters. The van der Waals surface area contributed by atoms with Crippen molar-refractivity contribution < 1.29 is 27.1 Å². The molecule has 0 heterocycles. The molecule has 34 heavy (non-hydrogen) atoms. The molecule has 0 aromatic heterocycles. The molecule has 3 aromatic carbocycles. The van der Waals surface area contributed by atoms with Crippen LogP contribution in [0.1, 0.15) is 13.8 Å². The minimum atomic E-state index is -4.20. The topological polar surface area (TPSA) is 105 Å². The van der Waals surface area contributed by atoms with Gasteiger partial charge >= 0.3 is 0 Å². The predicted molar refractivity (Wildman–Crippen MR) is 128 cm³/mol. The molecular weight excluding hydrogens is 461 g/mol. The van der Waals surface area contributed by atoms with Gasteiger partial charge in [0.05, 0.1) is 17.2 Å². The van der Waals surface area contributed by atoms with E-state index in [1.807, 2.05) is 6.92 Å². The molecule has 0 spiro atoms. The summed E-state index contributed by atoms with van der Waals surface area (Å²) in [4.78, 5) is 24.0. The minimum absolute atomic E-state index is 0.164. The molecule has 2 N–H and O–H groups in total. The van der Waals surface area contributed by atoms with Crippen molar-refractivity contribution in [2.75, 3.05) is 28.1 Å². The van der Waals surface area contributed by atoms with Crippen molar-refractivity contribution in [1.29, 1.82) is 0 Å². The van der Waals surface area contributed by atoms with Crippen LogP contribution in [-0.2, 0) is 19.6 Å². The highest BCUT2D eigenvalue weighted by Crippen LogP contribution is 2.26. The molecule has 8 nitrogen and oxygen atoms in total. The molecule has 0 aliphatic rings. The van der Waals surface area contributed by atoms with Gasteiger partial charge in [-0.3, -0.25) is 13.9 Å². The second kappa shape index (κ2) is 10.8. The van der Waals surface area contributed by atoms with Crippen LogP contribution >= 0.6 is 0 Å². The van der Waals surface area contributed by atoms with Gasteiger partial charge in [0.15, 0.2) is 0 Å². The fraction of sp³-hybridized carbons (Fsp3) is 0.167. The Morgan fingerprint density at radius 3 is 2.15 bits per heavy atom. The van der Waals surface area contributed by atoms with Crippen molar-refractivity contribution >= 4 is 38.9 Å². The smallest absolute Gasteiger partial charge is 0.264 e. The normalized spacial score (nSPS) is 10.9. The van der Waals surface area contributed by atoms with E-state index in [1.165, 1.54) is 19.1 Å². The number of sulfonamides is 1. The standard InChI is InChI=1S/C24H24FN3O5S/c1-3-33-22-11-9-21(10-12-22)28(34(31,32)23-13-7-18(25)8-14-23)16-24(30)27-20-6-4-5-19(15-20)26-17(2)29/h4-15H,3,16H2,1-2H3,(H,26,29)(H,27,30). The summed E-state index contributed by atoms with van der Waals surface area (Å²) < 4.78 is 46.4. The number of hydrogen-bond donors (Lipinski definition) is 2. The van der Waals surface area contributed by atoms with Crippen LogP contribution in [0.3, 0.4) is 0 Å². The van der Waals surface area contributed by atoms with E-state index in [4.69, 9.17) is 4.74 Å². The highest BCUT2D eigenvalue weighted by atomic mass is 32.2. The van der Waals surface area contributed by atoms with E-state index >= 15 is 0 Å². The first-order valence-corrected chi connectivity index (χ1v) is 11.8. The van der Waals surface area contributed by atoms with E-state index in [0.717, 1.165) is 28.6 Å². The molecule has 10 heteroatoms. The van der Waals surface area contributed by atoms with Gasteiger partial charge in [-0.2, -0.15) is 0 Å². The first-order valence-electron chi connectivity index (χ1n) is 10.4. The number of nitrogens with zero attached hydrogens (tertiary/aromatic N) is 1. The third-order valence-corrected chi connectivity index (χ3v) is 6.38. The molecule has 178 valence electrons. The van der Waals surface area contributed by atoms with Crippen LogP contribution in [0.2, 0.25) is 0 Å². The average molecular weight is 486 g/mol. The summed E-state index contributed by atoms with van der Waals surface area (Å²) in [5.41, 5.74) is 1.09. The average Bonchev–Trinajstić information content (AvgIpc) is 2.78. The third-order valence-electron chi connectivity index (χ3n) is 4.59. The number of amides is 2. The molecule has 0 bridgehead atoms. The molecule has 3 aromatic rings. The zero-order valence-corrected chi connectivity index (χ0v) is 19.4. The number of halogens is 1. The minimum Gasteiger partial charge on any atom is -0.494 e. The van der Waals surface area contributed by atoms with Crippen molar-refractivity contribution in [2.45, 2.75) is 18.7 Å². The summed E-state index contributed by atoms with van der Waals surface area (Å²) in [5.74, 6) is -0.914. The molecule has 0 saturated carbocycles. The number of ether oxygens (including phenoxy) is 1. The van der Waals surface area contributed by atoms with Gasteiger partial charge in [0.2, 0.25) is 11.8 Å². The maximum atomic E-state index is 13.4. The number of anilines is 3.